The van der Waals surface area contributed by atoms with E-state index in [4.69, 9.17) is 0 Å². The molecular weight excluding hydrogens is 225 g/mol. The number of hydrogen-bond donors (Lipinski definition) is 0. The van der Waals surface area contributed by atoms with Gasteiger partial charge >= 0.3 is 0 Å². The molecule has 0 aromatic rings. The largest absolute Gasteiger partial charge is 0.335 e. The minimum absolute atomic E-state index is 0. The van der Waals surface area contributed by atoms with Gasteiger partial charge in [-0.05, 0) is 18.6 Å². The van der Waals surface area contributed by atoms with E-state index in [9.17, 15) is 4.79 Å². The van der Waals surface area contributed by atoms with Gasteiger partial charge in [0.1, 0.15) is 0 Å². The molecule has 0 heterocycles. The molecule has 1 saturated carbocycles. The van der Waals surface area contributed by atoms with Crippen LogP contribution in [0.4, 0.5) is 0 Å². The third kappa shape index (κ3) is 4.62. The van der Waals surface area contributed by atoms with Crippen LogP contribution in [0.2, 0.25) is 0 Å². The molecule has 0 aliphatic heterocycles. The molecule has 0 bridgehead atoms. The van der Waals surface area contributed by atoms with Gasteiger partial charge in [0.15, 0.2) is 0 Å². The summed E-state index contributed by atoms with van der Waals surface area (Å²) >= 11 is 0. The van der Waals surface area contributed by atoms with Gasteiger partial charge in [-0.25, -0.2) is 0 Å². The Morgan fingerprint density at radius 3 is 2.17 bits per heavy atom. The summed E-state index contributed by atoms with van der Waals surface area (Å²) in [6, 6.07) is 0. The Hall–Kier alpha value is 0.644. The van der Waals surface area contributed by atoms with Crippen LogP contribution in [0.1, 0.15) is 39.5 Å². The van der Waals surface area contributed by atoms with Crippen LogP contribution in [0.15, 0.2) is 0 Å². The first-order chi connectivity index (χ1) is 5.18. The predicted octanol–water partition coefficient (Wildman–Crippen LogP) is 2.60. The molecule has 1 radical (unpaired) electrons. The maximum absolute atomic E-state index is 10.7. The van der Waals surface area contributed by atoms with Crippen LogP contribution in [0, 0.1) is 18.3 Å². The molecule has 0 aromatic carbocycles. The zero-order valence-corrected chi connectivity index (χ0v) is 10.9. The van der Waals surface area contributed by atoms with Crippen LogP contribution in [-0.4, -0.2) is 5.78 Å². The quantitative estimate of drug-likeness (QED) is 0.680. The molecule has 1 rings (SSSR count). The van der Waals surface area contributed by atoms with Crippen molar-refractivity contribution in [2.24, 2.45) is 11.8 Å². The van der Waals surface area contributed by atoms with Gasteiger partial charge in [-0.2, -0.15) is 0 Å². The van der Waals surface area contributed by atoms with Crippen molar-refractivity contribution in [3.05, 3.63) is 6.42 Å². The first kappa shape index (κ1) is 12.6. The molecule has 0 atom stereocenters. The molecule has 1 nitrogen and oxygen atoms in total. The Labute approximate surface area is 101 Å². The minimum atomic E-state index is 0. The third-order valence-electron chi connectivity index (χ3n) is 2.53. The summed E-state index contributed by atoms with van der Waals surface area (Å²) in [6.07, 6.45) is 6.94. The van der Waals surface area contributed by atoms with Crippen molar-refractivity contribution in [2.45, 2.75) is 39.5 Å². The van der Waals surface area contributed by atoms with Crippen LogP contribution >= 0.6 is 0 Å². The SMILES string of the molecule is CC(=O)[CH-]C1CCC(C)CC1.[Y]. The average Bonchev–Trinajstić information content (AvgIpc) is 1.93. The van der Waals surface area contributed by atoms with Crippen LogP contribution in [-0.2, 0) is 37.5 Å². The van der Waals surface area contributed by atoms with Crippen molar-refractivity contribution in [1.29, 1.82) is 0 Å². The Bertz CT molecular complexity index is 137. The molecule has 67 valence electrons. The fourth-order valence-corrected chi connectivity index (χ4v) is 1.78. The van der Waals surface area contributed by atoms with E-state index in [1.165, 1.54) is 25.7 Å². The van der Waals surface area contributed by atoms with E-state index < -0.39 is 0 Å². The molecule has 0 saturated heterocycles. The van der Waals surface area contributed by atoms with E-state index >= 15 is 0 Å². The second kappa shape index (κ2) is 6.15. The normalized spacial score (nSPS) is 28.8. The zero-order chi connectivity index (χ0) is 8.27. The fourth-order valence-electron chi connectivity index (χ4n) is 1.78. The summed E-state index contributed by atoms with van der Waals surface area (Å²) in [4.78, 5) is 10.7. The number of rotatable bonds is 2. The standard InChI is InChI=1S/C10H17O.Y/c1-8-3-5-10(6-4-8)7-9(2)11;/h7-8,10H,3-6H2,1-2H3;/q-1;. The van der Waals surface area contributed by atoms with Crippen LogP contribution in [0.25, 0.3) is 0 Å². The molecule has 0 spiro atoms. The zero-order valence-electron chi connectivity index (χ0n) is 8.05. The number of Topliss-reactive ketones (excluding diaryl/α,β-unsaturated/α-hetero) is 1. The molecule has 0 aromatic heterocycles. The number of carbonyl (C=O) groups is 1. The smallest absolute Gasteiger partial charge is 0 e. The van der Waals surface area contributed by atoms with Crippen molar-refractivity contribution in [3.8, 4) is 0 Å². The van der Waals surface area contributed by atoms with E-state index in [1.807, 2.05) is 6.42 Å². The molecule has 0 amide bonds. The van der Waals surface area contributed by atoms with E-state index in [1.54, 1.807) is 6.92 Å². The van der Waals surface area contributed by atoms with E-state index in [2.05, 4.69) is 6.92 Å². The predicted molar refractivity (Wildman–Crippen MR) is 46.1 cm³/mol. The summed E-state index contributed by atoms with van der Waals surface area (Å²) in [5.41, 5.74) is 0. The van der Waals surface area contributed by atoms with Gasteiger partial charge in [0.2, 0.25) is 0 Å². The first-order valence-corrected chi connectivity index (χ1v) is 4.54. The Morgan fingerprint density at radius 1 is 1.25 bits per heavy atom. The second-order valence-corrected chi connectivity index (χ2v) is 3.80. The van der Waals surface area contributed by atoms with Crippen molar-refractivity contribution >= 4 is 5.78 Å². The first-order valence-electron chi connectivity index (χ1n) is 4.54. The van der Waals surface area contributed by atoms with Gasteiger partial charge in [0, 0.05) is 32.7 Å². The molecule has 1 aliphatic carbocycles. The number of ketones is 1. The second-order valence-electron chi connectivity index (χ2n) is 3.80. The maximum Gasteiger partial charge on any atom is 0 e. The maximum atomic E-state index is 10.7. The third-order valence-corrected chi connectivity index (χ3v) is 2.53. The summed E-state index contributed by atoms with van der Waals surface area (Å²) in [6.45, 7) is 3.95. The molecule has 1 aliphatic rings. The van der Waals surface area contributed by atoms with Gasteiger partial charge in [0.25, 0.3) is 0 Å². The van der Waals surface area contributed by atoms with E-state index in [0.717, 1.165) is 5.92 Å². The van der Waals surface area contributed by atoms with Crippen molar-refractivity contribution in [3.63, 3.8) is 0 Å². The summed E-state index contributed by atoms with van der Waals surface area (Å²) in [5.74, 6) is 1.71. The molecule has 0 unspecified atom stereocenters. The van der Waals surface area contributed by atoms with E-state index in [0.29, 0.717) is 5.92 Å². The Morgan fingerprint density at radius 2 is 1.75 bits per heavy atom. The molecular formula is C10H17OY-. The number of hydrogen-bond acceptors (Lipinski definition) is 1. The van der Waals surface area contributed by atoms with Gasteiger partial charge < -0.3 is 11.2 Å². The van der Waals surface area contributed by atoms with E-state index in [-0.39, 0.29) is 38.5 Å². The molecule has 12 heavy (non-hydrogen) atoms. The molecule has 1 fully saturated rings. The van der Waals surface area contributed by atoms with Gasteiger partial charge in [-0.15, -0.1) is 5.92 Å². The number of carbonyl (C=O) groups excluding carboxylic acids is 1. The Kier molecular flexibility index (Phi) is 6.48. The van der Waals surface area contributed by atoms with Crippen molar-refractivity contribution in [2.75, 3.05) is 0 Å². The van der Waals surface area contributed by atoms with Crippen LogP contribution < -0.4 is 0 Å². The summed E-state index contributed by atoms with van der Waals surface area (Å²) in [7, 11) is 0. The van der Waals surface area contributed by atoms with Crippen LogP contribution in [0.5, 0.6) is 0 Å². The van der Waals surface area contributed by atoms with Gasteiger partial charge in [-0.3, -0.25) is 0 Å². The van der Waals surface area contributed by atoms with Gasteiger partial charge in [-0.1, -0.05) is 32.6 Å². The van der Waals surface area contributed by atoms with Crippen molar-refractivity contribution in [1.82, 2.24) is 0 Å². The Balaban J connectivity index is 0.00000121. The molecule has 2 heteroatoms. The van der Waals surface area contributed by atoms with Crippen molar-refractivity contribution < 1.29 is 37.5 Å². The topological polar surface area (TPSA) is 17.1 Å². The monoisotopic (exact) mass is 242 g/mol. The van der Waals surface area contributed by atoms with Gasteiger partial charge in [0.05, 0.1) is 0 Å². The summed E-state index contributed by atoms with van der Waals surface area (Å²) in [5, 5.41) is 0. The molecule has 0 N–H and O–H groups in total. The van der Waals surface area contributed by atoms with Crippen LogP contribution in [0.3, 0.4) is 0 Å². The summed E-state index contributed by atoms with van der Waals surface area (Å²) < 4.78 is 0. The average molecular weight is 242 g/mol. The fraction of sp³-hybridized carbons (Fsp3) is 0.800. The minimum Gasteiger partial charge on any atom is -0.335 e.